The Balaban J connectivity index is 0.000000156. The number of carbonyl (C=O) groups excluding carboxylic acids is 3. The monoisotopic (exact) mass is 1670 g/mol. The number of ketones is 3. The fraction of sp³-hybridized carbons (Fsp3) is 0.244. The molecule has 0 bridgehead atoms. The standard InChI is InChI=1S/C32H27F5N2O6S.C31H30N4O5S.C23H22N2O5S/c1-20-15-23(38-45-20)17-28(40)29(16-21-7-11-25(12-8-21)44-32(35,36)37)46(41,42)30-19-39(27-6-4-3-5-26(27)30)18-22-9-13-24(14-10-22)43-31(2,33)34;1-22-15-26(33-40-22)17-27(36)21-41(37,38)30-20-35(29-8-3-2-7-28(29)30)19-23-5-4-6-24(16-23)25-9-10-31(32-18-25)34-11-13-39-14-12-34;1-16-11-18(24-30-16)12-19(26)15-31(27,28)23-14-25(21-9-5-4-8-20(21)23)13-17-7-3-6-10-22(17)29-2/h3-15,19,29H,16-18H2,1-2H3;2-10,15-16,18,20H,11-14,17,19,21H2,1H3;3-11,14H,12-13,15H2,1-2H3. The summed E-state index contributed by atoms with van der Waals surface area (Å²) >= 11 is 0. The minimum absolute atomic E-state index is 0.0430. The molecule has 7 aromatic heterocycles. The van der Waals surface area contributed by atoms with Crippen LogP contribution in [-0.2, 0) is 93.9 Å². The highest BCUT2D eigenvalue weighted by molar-refractivity contribution is 7.93. The summed E-state index contributed by atoms with van der Waals surface area (Å²) in [6.07, 6.45) is -2.62. The zero-order valence-electron chi connectivity index (χ0n) is 64.4. The highest BCUT2D eigenvalue weighted by Gasteiger charge is 2.38. The number of Topliss-reactive ketones (excluding diaryl/α,β-unsaturated/α-hetero) is 3. The Labute approximate surface area is 675 Å². The minimum atomic E-state index is -4.91. The van der Waals surface area contributed by atoms with E-state index >= 15 is 0 Å². The number of hydrogen-bond donors (Lipinski definition) is 0. The van der Waals surface area contributed by atoms with Crippen molar-refractivity contribution in [2.45, 2.75) is 105 Å². The lowest BCUT2D eigenvalue weighted by Gasteiger charge is -2.27. The van der Waals surface area contributed by atoms with E-state index in [2.05, 4.69) is 47.0 Å². The first-order chi connectivity index (χ1) is 56.3. The molecule has 0 radical (unpaired) electrons. The van der Waals surface area contributed by atoms with Crippen LogP contribution in [0.3, 0.4) is 0 Å². The van der Waals surface area contributed by atoms with E-state index in [1.54, 1.807) is 118 Å². The fourth-order valence-corrected chi connectivity index (χ4v) is 18.7. The number of morpholine rings is 1. The van der Waals surface area contributed by atoms with Gasteiger partial charge >= 0.3 is 12.5 Å². The van der Waals surface area contributed by atoms with Gasteiger partial charge in [-0.05, 0) is 116 Å². The topological polar surface area (TPSA) is 300 Å². The van der Waals surface area contributed by atoms with Gasteiger partial charge < -0.3 is 51.1 Å². The average molecular weight is 1670 g/mol. The number of aryl methyl sites for hydroxylation is 3. The van der Waals surface area contributed by atoms with Crippen molar-refractivity contribution in [1.82, 2.24) is 34.2 Å². The molecule has 1 fully saturated rings. The van der Waals surface area contributed by atoms with E-state index in [4.69, 9.17) is 23.0 Å². The van der Waals surface area contributed by atoms with Crippen molar-refractivity contribution in [3.05, 3.63) is 282 Å². The molecule has 8 heterocycles. The Kier molecular flexibility index (Phi) is 25.2. The molecular formula is C86H79F5N8O16S3. The van der Waals surface area contributed by atoms with Gasteiger partial charge in [0.2, 0.25) is 0 Å². The van der Waals surface area contributed by atoms with Crippen LogP contribution in [-0.4, -0.2) is 139 Å². The van der Waals surface area contributed by atoms with Gasteiger partial charge in [-0.1, -0.05) is 131 Å². The Morgan fingerprint density at radius 2 is 0.958 bits per heavy atom. The van der Waals surface area contributed by atoms with Crippen molar-refractivity contribution >= 4 is 85.4 Å². The van der Waals surface area contributed by atoms with Gasteiger partial charge in [-0.3, -0.25) is 14.4 Å². The number of nitrogens with zero attached hydrogens (tertiary/aromatic N) is 8. The average Bonchev–Trinajstić information content (AvgIpc) is 1.61. The number of anilines is 1. The van der Waals surface area contributed by atoms with Gasteiger partial charge in [0, 0.05) is 120 Å². The summed E-state index contributed by atoms with van der Waals surface area (Å²) in [5, 5.41) is 11.3. The Morgan fingerprint density at radius 1 is 0.492 bits per heavy atom. The summed E-state index contributed by atoms with van der Waals surface area (Å²) in [5.74, 6) is -0.0577. The van der Waals surface area contributed by atoms with Crippen molar-refractivity contribution in [1.29, 1.82) is 0 Å². The van der Waals surface area contributed by atoms with Gasteiger partial charge in [0.25, 0.3) is 0 Å². The largest absolute Gasteiger partial charge is 0.573 e. The quantitative estimate of drug-likeness (QED) is 0.0393. The maximum Gasteiger partial charge on any atom is 0.573 e. The number of pyridine rings is 1. The van der Waals surface area contributed by atoms with Gasteiger partial charge in [0.15, 0.2) is 46.9 Å². The zero-order valence-corrected chi connectivity index (χ0v) is 66.8. The predicted molar refractivity (Wildman–Crippen MR) is 428 cm³/mol. The molecule has 24 nitrogen and oxygen atoms in total. The Bertz CT molecular complexity index is 6300. The highest BCUT2D eigenvalue weighted by Crippen LogP contribution is 2.36. The number of aromatic nitrogens is 7. The molecule has 118 heavy (non-hydrogen) atoms. The molecule has 1 saturated heterocycles. The van der Waals surface area contributed by atoms with E-state index in [-0.39, 0.29) is 63.9 Å². The summed E-state index contributed by atoms with van der Waals surface area (Å²) in [4.78, 5) is 45.8. The van der Waals surface area contributed by atoms with E-state index in [0.29, 0.717) is 89.1 Å². The van der Waals surface area contributed by atoms with Crippen LogP contribution in [0.15, 0.2) is 253 Å². The predicted octanol–water partition coefficient (Wildman–Crippen LogP) is 15.1. The Hall–Kier alpha value is -12.4. The summed E-state index contributed by atoms with van der Waals surface area (Å²) in [6.45, 7) is 9.83. The van der Waals surface area contributed by atoms with Crippen LogP contribution >= 0.6 is 0 Å². The van der Waals surface area contributed by atoms with Crippen molar-refractivity contribution in [3.63, 3.8) is 0 Å². The number of benzene rings is 7. The van der Waals surface area contributed by atoms with E-state index in [0.717, 1.165) is 70.1 Å². The van der Waals surface area contributed by atoms with Crippen molar-refractivity contribution in [2.24, 2.45) is 0 Å². The summed E-state index contributed by atoms with van der Waals surface area (Å²) < 4.78 is 186. The molecule has 15 rings (SSSR count). The number of ether oxygens (including phenoxy) is 4. The van der Waals surface area contributed by atoms with Crippen LogP contribution in [0.2, 0.25) is 0 Å². The second-order valence-corrected chi connectivity index (χ2v) is 34.3. The maximum atomic E-state index is 14.3. The fourth-order valence-electron chi connectivity index (χ4n) is 13.9. The van der Waals surface area contributed by atoms with Gasteiger partial charge in [-0.25, -0.2) is 30.2 Å². The first-order valence-corrected chi connectivity index (χ1v) is 41.9. The number of fused-ring (bicyclic) bond motifs is 3. The highest BCUT2D eigenvalue weighted by atomic mass is 32.2. The summed E-state index contributed by atoms with van der Waals surface area (Å²) in [6, 6.07) is 56.4. The number of sulfone groups is 3. The van der Waals surface area contributed by atoms with E-state index < -0.39 is 81.8 Å². The van der Waals surface area contributed by atoms with E-state index in [1.165, 1.54) is 36.5 Å². The molecule has 1 aliphatic heterocycles. The molecule has 1 unspecified atom stereocenters. The number of para-hydroxylation sites is 4. The second kappa shape index (κ2) is 35.6. The number of halogens is 5. The van der Waals surface area contributed by atoms with E-state index in [9.17, 15) is 61.6 Å². The number of alkyl halides is 5. The smallest absolute Gasteiger partial charge is 0.496 e. The lowest BCUT2D eigenvalue weighted by molar-refractivity contribution is -0.274. The molecule has 0 saturated carbocycles. The number of rotatable bonds is 29. The molecule has 0 N–H and O–H groups in total. The van der Waals surface area contributed by atoms with Crippen LogP contribution in [0.25, 0.3) is 43.8 Å². The van der Waals surface area contributed by atoms with Gasteiger partial charge in [0.1, 0.15) is 57.1 Å². The first-order valence-electron chi connectivity index (χ1n) is 37.1. The van der Waals surface area contributed by atoms with Crippen molar-refractivity contribution < 1.29 is 94.1 Å². The molecule has 7 aromatic carbocycles. The van der Waals surface area contributed by atoms with Gasteiger partial charge in [0.05, 0.1) is 77.9 Å². The normalized spacial score (nSPS) is 13.1. The van der Waals surface area contributed by atoms with Crippen LogP contribution < -0.4 is 19.1 Å². The number of methoxy groups -OCH3 is 1. The van der Waals surface area contributed by atoms with Crippen molar-refractivity contribution in [2.75, 3.05) is 49.8 Å². The molecule has 0 spiro atoms. The molecule has 32 heteroatoms. The summed E-state index contributed by atoms with van der Waals surface area (Å²) in [5.41, 5.74) is 8.09. The van der Waals surface area contributed by atoms with Gasteiger partial charge in [-0.2, -0.15) is 8.78 Å². The van der Waals surface area contributed by atoms with Crippen LogP contribution in [0.4, 0.5) is 27.8 Å². The molecule has 1 atom stereocenters. The lowest BCUT2D eigenvalue weighted by atomic mass is 10.0. The van der Waals surface area contributed by atoms with E-state index in [1.807, 2.05) is 88.1 Å². The SMILES string of the molecule is COc1ccccc1Cn1cc(S(=O)(=O)CC(=O)Cc2cc(C)on2)c2ccccc21.Cc1cc(CC(=O)C(Cc2ccc(OC(F)(F)F)cc2)S(=O)(=O)c2cn(Cc3ccc(OC(C)(F)F)cc3)c3ccccc23)no1.Cc1cc(CC(=O)CS(=O)(=O)c2cn(Cc3cccc(-c4ccc(N5CCOCC5)nc4)c3)c3ccccc23)no1. The first kappa shape index (κ1) is 83.6. The van der Waals surface area contributed by atoms with Crippen LogP contribution in [0, 0.1) is 20.8 Å². The molecule has 612 valence electrons. The third-order valence-corrected chi connectivity index (χ3v) is 24.7. The number of hydrogen-bond acceptors (Lipinski definition) is 21. The zero-order chi connectivity index (χ0) is 83.7. The van der Waals surface area contributed by atoms with Crippen LogP contribution in [0.5, 0.6) is 17.2 Å². The van der Waals surface area contributed by atoms with Crippen molar-refractivity contribution in [3.8, 4) is 28.4 Å². The third-order valence-electron chi connectivity index (χ3n) is 19.2. The lowest BCUT2D eigenvalue weighted by Crippen LogP contribution is -2.36. The Morgan fingerprint density at radius 3 is 1.45 bits per heavy atom. The number of carbonyl (C=O) groups is 3. The summed E-state index contributed by atoms with van der Waals surface area (Å²) in [7, 11) is -10.5. The second-order valence-electron chi connectivity index (χ2n) is 28.3. The van der Waals surface area contributed by atoms with Gasteiger partial charge in [-0.15, -0.1) is 13.2 Å². The molecule has 0 aliphatic carbocycles. The minimum Gasteiger partial charge on any atom is -0.496 e. The third kappa shape index (κ3) is 20.9. The molecule has 14 aromatic rings. The van der Waals surface area contributed by atoms with Crippen LogP contribution in [0.1, 0.15) is 63.5 Å². The maximum absolute atomic E-state index is 14.3. The molecule has 1 aliphatic rings. The molecule has 0 amide bonds. The molecular weight excluding hydrogens is 1590 g/mol.